The van der Waals surface area contributed by atoms with Gasteiger partial charge in [-0.25, -0.2) is 5.01 Å². The second kappa shape index (κ2) is 4.29. The SMILES string of the molecule is CCC1=CN(N(C)C)C(C#N)CC1. The van der Waals surface area contributed by atoms with Crippen LogP contribution in [0.5, 0.6) is 0 Å². The topological polar surface area (TPSA) is 30.3 Å². The summed E-state index contributed by atoms with van der Waals surface area (Å²) in [5, 5.41) is 12.9. The van der Waals surface area contributed by atoms with Crippen molar-refractivity contribution in [2.24, 2.45) is 0 Å². The fraction of sp³-hybridized carbons (Fsp3) is 0.700. The average molecular weight is 179 g/mol. The molecular formula is C10H17N3. The summed E-state index contributed by atoms with van der Waals surface area (Å²) >= 11 is 0. The molecule has 0 spiro atoms. The van der Waals surface area contributed by atoms with E-state index in [-0.39, 0.29) is 6.04 Å². The van der Waals surface area contributed by atoms with Crippen LogP contribution < -0.4 is 0 Å². The number of rotatable bonds is 2. The van der Waals surface area contributed by atoms with Crippen molar-refractivity contribution < 1.29 is 0 Å². The Morgan fingerprint density at radius 1 is 1.69 bits per heavy atom. The fourth-order valence-electron chi connectivity index (χ4n) is 1.58. The van der Waals surface area contributed by atoms with E-state index in [2.05, 4.69) is 19.2 Å². The number of allylic oxidation sites excluding steroid dienone is 1. The van der Waals surface area contributed by atoms with Crippen LogP contribution in [0.3, 0.4) is 0 Å². The second-order valence-corrected chi connectivity index (χ2v) is 3.55. The van der Waals surface area contributed by atoms with Crippen LogP contribution >= 0.6 is 0 Å². The minimum atomic E-state index is 0.0188. The van der Waals surface area contributed by atoms with Gasteiger partial charge >= 0.3 is 0 Å². The maximum absolute atomic E-state index is 8.92. The van der Waals surface area contributed by atoms with E-state index in [4.69, 9.17) is 5.26 Å². The van der Waals surface area contributed by atoms with Gasteiger partial charge in [0, 0.05) is 20.3 Å². The molecule has 0 radical (unpaired) electrons. The summed E-state index contributed by atoms with van der Waals surface area (Å²) in [7, 11) is 3.94. The molecule has 0 amide bonds. The van der Waals surface area contributed by atoms with E-state index >= 15 is 0 Å². The molecule has 1 atom stereocenters. The van der Waals surface area contributed by atoms with Crippen LogP contribution in [-0.4, -0.2) is 30.2 Å². The largest absolute Gasteiger partial charge is 0.296 e. The highest BCUT2D eigenvalue weighted by molar-refractivity contribution is 5.10. The summed E-state index contributed by atoms with van der Waals surface area (Å²) in [5.41, 5.74) is 1.43. The van der Waals surface area contributed by atoms with Gasteiger partial charge < -0.3 is 0 Å². The van der Waals surface area contributed by atoms with Gasteiger partial charge in [0.2, 0.25) is 0 Å². The van der Waals surface area contributed by atoms with Gasteiger partial charge in [0.1, 0.15) is 6.04 Å². The van der Waals surface area contributed by atoms with Crippen LogP contribution in [0.1, 0.15) is 26.2 Å². The highest BCUT2D eigenvalue weighted by Gasteiger charge is 2.21. The third-order valence-corrected chi connectivity index (χ3v) is 2.44. The summed E-state index contributed by atoms with van der Waals surface area (Å²) in [6.45, 7) is 2.16. The van der Waals surface area contributed by atoms with Gasteiger partial charge in [-0.15, -0.1) is 0 Å². The number of hydrazine groups is 1. The molecule has 0 aromatic rings. The van der Waals surface area contributed by atoms with Crippen LogP contribution in [0.25, 0.3) is 0 Å². The lowest BCUT2D eigenvalue weighted by atomic mass is 10.0. The Hall–Kier alpha value is -1.01. The molecule has 1 unspecified atom stereocenters. The zero-order chi connectivity index (χ0) is 9.84. The molecule has 0 aliphatic carbocycles. The third kappa shape index (κ3) is 2.22. The minimum Gasteiger partial charge on any atom is -0.296 e. The van der Waals surface area contributed by atoms with Crippen molar-refractivity contribution in [1.29, 1.82) is 5.26 Å². The Balaban J connectivity index is 2.78. The van der Waals surface area contributed by atoms with Crippen LogP contribution in [0, 0.1) is 11.3 Å². The molecule has 0 bridgehead atoms. The predicted octanol–water partition coefficient (Wildman–Crippen LogP) is 1.74. The summed E-state index contributed by atoms with van der Waals surface area (Å²) in [5.74, 6) is 0. The smallest absolute Gasteiger partial charge is 0.132 e. The van der Waals surface area contributed by atoms with E-state index in [1.54, 1.807) is 0 Å². The van der Waals surface area contributed by atoms with Crippen molar-refractivity contribution in [2.75, 3.05) is 14.1 Å². The monoisotopic (exact) mass is 179 g/mol. The van der Waals surface area contributed by atoms with Crippen molar-refractivity contribution in [3.8, 4) is 6.07 Å². The quantitative estimate of drug-likeness (QED) is 0.647. The Morgan fingerprint density at radius 3 is 2.85 bits per heavy atom. The average Bonchev–Trinajstić information content (AvgIpc) is 2.16. The van der Waals surface area contributed by atoms with Crippen molar-refractivity contribution in [2.45, 2.75) is 32.2 Å². The molecule has 0 fully saturated rings. The van der Waals surface area contributed by atoms with E-state index in [1.807, 2.05) is 24.1 Å². The first-order valence-corrected chi connectivity index (χ1v) is 4.73. The minimum absolute atomic E-state index is 0.0188. The molecule has 1 aliphatic heterocycles. The van der Waals surface area contributed by atoms with E-state index in [1.165, 1.54) is 5.57 Å². The molecular weight excluding hydrogens is 162 g/mol. The molecule has 0 saturated heterocycles. The van der Waals surface area contributed by atoms with Crippen molar-refractivity contribution in [3.05, 3.63) is 11.8 Å². The van der Waals surface area contributed by atoms with Gasteiger partial charge in [0.05, 0.1) is 6.07 Å². The molecule has 0 N–H and O–H groups in total. The zero-order valence-corrected chi connectivity index (χ0v) is 8.62. The maximum Gasteiger partial charge on any atom is 0.132 e. The lowest BCUT2D eigenvalue weighted by Gasteiger charge is -2.35. The van der Waals surface area contributed by atoms with Gasteiger partial charge in [0.25, 0.3) is 0 Å². The molecule has 1 aliphatic rings. The van der Waals surface area contributed by atoms with Crippen molar-refractivity contribution in [1.82, 2.24) is 10.0 Å². The molecule has 0 saturated carbocycles. The van der Waals surface area contributed by atoms with E-state index in [9.17, 15) is 0 Å². The number of nitrogens with zero attached hydrogens (tertiary/aromatic N) is 3. The lowest BCUT2D eigenvalue weighted by Crippen LogP contribution is -2.42. The molecule has 0 aromatic carbocycles. The second-order valence-electron chi connectivity index (χ2n) is 3.55. The highest BCUT2D eigenvalue weighted by Crippen LogP contribution is 2.22. The molecule has 1 rings (SSSR count). The van der Waals surface area contributed by atoms with Crippen molar-refractivity contribution >= 4 is 0 Å². The summed E-state index contributed by atoms with van der Waals surface area (Å²) < 4.78 is 0. The van der Waals surface area contributed by atoms with E-state index in [0.717, 1.165) is 19.3 Å². The standard InChI is InChI=1S/C10H17N3/c1-4-9-5-6-10(7-11)13(8-9)12(2)3/h8,10H,4-6H2,1-3H3. The Morgan fingerprint density at radius 2 is 2.38 bits per heavy atom. The van der Waals surface area contributed by atoms with Gasteiger partial charge in [-0.2, -0.15) is 5.26 Å². The molecule has 13 heavy (non-hydrogen) atoms. The number of nitriles is 1. The number of hydrogen-bond acceptors (Lipinski definition) is 3. The van der Waals surface area contributed by atoms with Gasteiger partial charge in [-0.3, -0.25) is 5.01 Å². The van der Waals surface area contributed by atoms with E-state index < -0.39 is 0 Å². The van der Waals surface area contributed by atoms with Crippen molar-refractivity contribution in [3.63, 3.8) is 0 Å². The first-order valence-electron chi connectivity index (χ1n) is 4.73. The van der Waals surface area contributed by atoms with Crippen LogP contribution in [0.4, 0.5) is 0 Å². The predicted molar refractivity (Wildman–Crippen MR) is 52.5 cm³/mol. The highest BCUT2D eigenvalue weighted by atomic mass is 15.6. The summed E-state index contributed by atoms with van der Waals surface area (Å²) in [6, 6.07) is 2.34. The fourth-order valence-corrected chi connectivity index (χ4v) is 1.58. The maximum atomic E-state index is 8.92. The van der Waals surface area contributed by atoms with E-state index in [0.29, 0.717) is 0 Å². The Bertz CT molecular complexity index is 237. The summed E-state index contributed by atoms with van der Waals surface area (Å²) in [4.78, 5) is 0. The summed E-state index contributed by atoms with van der Waals surface area (Å²) in [6.07, 6.45) is 5.22. The molecule has 3 nitrogen and oxygen atoms in total. The van der Waals surface area contributed by atoms with Gasteiger partial charge in [0.15, 0.2) is 0 Å². The van der Waals surface area contributed by atoms with Crippen LogP contribution in [0.15, 0.2) is 11.8 Å². The van der Waals surface area contributed by atoms with Gasteiger partial charge in [-0.1, -0.05) is 12.5 Å². The van der Waals surface area contributed by atoms with Gasteiger partial charge in [-0.05, 0) is 19.3 Å². The normalized spacial score (nSPS) is 22.8. The zero-order valence-electron chi connectivity index (χ0n) is 8.62. The molecule has 3 heteroatoms. The molecule has 72 valence electrons. The Labute approximate surface area is 80.2 Å². The first-order chi connectivity index (χ1) is 6.19. The van der Waals surface area contributed by atoms with Crippen LogP contribution in [0.2, 0.25) is 0 Å². The number of hydrogen-bond donors (Lipinski definition) is 0. The lowest BCUT2D eigenvalue weighted by molar-refractivity contribution is 0.0454. The van der Waals surface area contributed by atoms with Crippen LogP contribution in [-0.2, 0) is 0 Å². The molecule has 0 aromatic heterocycles. The Kier molecular flexibility index (Phi) is 3.32. The third-order valence-electron chi connectivity index (χ3n) is 2.44. The first kappa shape index (κ1) is 10.1. The molecule has 1 heterocycles.